The summed E-state index contributed by atoms with van der Waals surface area (Å²) in [5.41, 5.74) is 14.2. The Morgan fingerprint density at radius 3 is 1.96 bits per heavy atom. The van der Waals surface area contributed by atoms with E-state index >= 15 is 0 Å². The third-order valence-electron chi connectivity index (χ3n) is 11.1. The third kappa shape index (κ3) is 3.80. The quantitative estimate of drug-likeness (QED) is 0.155. The number of hydrogen-bond donors (Lipinski definition) is 1. The number of benzene rings is 7. The van der Waals surface area contributed by atoms with E-state index < -0.39 is 0 Å². The second-order valence-corrected chi connectivity index (χ2v) is 14.0. The summed E-state index contributed by atoms with van der Waals surface area (Å²) in [5, 5.41) is 8.62. The number of hydrogen-bond acceptors (Lipinski definition) is 3. The smallest absolute Gasteiger partial charge is 0.153 e. The molecule has 0 bridgehead atoms. The standard InChI is InChI=1S/C46H34N2O/c1-5-27-18-21-30-31-22-19-28(25-37(31)46(3,4)36(30)24-27)43-32-12-7-9-14-34(32)44(35-15-10-8-13-33(35)43)29-20-23-39-41(26-29)49-40-17-11-16-38-45(40)48(39)42(6-2)47-38/h1,7-26,42,47H,6H2,2-4H3. The molecule has 0 aromatic heterocycles. The Morgan fingerprint density at radius 1 is 0.694 bits per heavy atom. The highest BCUT2D eigenvalue weighted by molar-refractivity contribution is 6.21. The van der Waals surface area contributed by atoms with E-state index in [1.807, 2.05) is 0 Å². The summed E-state index contributed by atoms with van der Waals surface area (Å²) in [6, 6.07) is 44.3. The first-order valence-corrected chi connectivity index (χ1v) is 17.2. The molecule has 7 aromatic carbocycles. The Hall–Kier alpha value is -5.98. The van der Waals surface area contributed by atoms with Crippen molar-refractivity contribution >= 4 is 38.6 Å². The lowest BCUT2D eigenvalue weighted by atomic mass is 9.80. The van der Waals surface area contributed by atoms with Gasteiger partial charge < -0.3 is 15.0 Å². The van der Waals surface area contributed by atoms with Gasteiger partial charge in [-0.3, -0.25) is 0 Å². The van der Waals surface area contributed by atoms with Crippen LogP contribution >= 0.6 is 0 Å². The van der Waals surface area contributed by atoms with Crippen LogP contribution in [-0.4, -0.2) is 6.17 Å². The van der Waals surface area contributed by atoms with Crippen LogP contribution in [0.5, 0.6) is 11.5 Å². The normalized spacial score (nSPS) is 16.0. The van der Waals surface area contributed by atoms with Gasteiger partial charge in [-0.05, 0) is 115 Å². The number of anilines is 3. The van der Waals surface area contributed by atoms with E-state index in [1.165, 1.54) is 60.5 Å². The molecule has 1 unspecified atom stereocenters. The highest BCUT2D eigenvalue weighted by Gasteiger charge is 2.38. The molecule has 3 nitrogen and oxygen atoms in total. The average molecular weight is 631 g/mol. The van der Waals surface area contributed by atoms with Crippen molar-refractivity contribution in [2.75, 3.05) is 10.2 Å². The molecule has 1 atom stereocenters. The minimum Gasteiger partial charge on any atom is -0.453 e. The molecule has 0 radical (unpaired) electrons. The molecule has 0 spiro atoms. The van der Waals surface area contributed by atoms with Gasteiger partial charge in [-0.1, -0.05) is 106 Å². The zero-order valence-corrected chi connectivity index (χ0v) is 27.8. The van der Waals surface area contributed by atoms with Crippen LogP contribution in [0, 0.1) is 12.3 Å². The van der Waals surface area contributed by atoms with Crippen molar-refractivity contribution in [1.82, 2.24) is 0 Å². The minimum atomic E-state index is -0.163. The minimum absolute atomic E-state index is 0.163. The molecule has 234 valence electrons. The Balaban J connectivity index is 1.18. The molecule has 0 fully saturated rings. The van der Waals surface area contributed by atoms with Gasteiger partial charge in [0.25, 0.3) is 0 Å². The van der Waals surface area contributed by atoms with E-state index in [4.69, 9.17) is 11.2 Å². The van der Waals surface area contributed by atoms with Crippen LogP contribution < -0.4 is 15.0 Å². The lowest BCUT2D eigenvalue weighted by Gasteiger charge is -2.32. The predicted octanol–water partition coefficient (Wildman–Crippen LogP) is 12.0. The summed E-state index contributed by atoms with van der Waals surface area (Å²) in [5.74, 6) is 4.62. The maximum absolute atomic E-state index is 6.65. The van der Waals surface area contributed by atoms with Crippen LogP contribution in [0.1, 0.15) is 43.9 Å². The van der Waals surface area contributed by atoms with E-state index in [0.29, 0.717) is 0 Å². The molecular formula is C46H34N2O. The number of terminal acetylenes is 1. The Bertz CT molecular complexity index is 2550. The van der Waals surface area contributed by atoms with Crippen LogP contribution in [0.3, 0.4) is 0 Å². The summed E-state index contributed by atoms with van der Waals surface area (Å²) in [6.45, 7) is 6.86. The molecule has 1 N–H and O–H groups in total. The number of rotatable bonds is 3. The van der Waals surface area contributed by atoms with Gasteiger partial charge in [-0.2, -0.15) is 0 Å². The monoisotopic (exact) mass is 630 g/mol. The zero-order chi connectivity index (χ0) is 33.0. The van der Waals surface area contributed by atoms with Crippen LogP contribution in [0.25, 0.3) is 54.9 Å². The van der Waals surface area contributed by atoms with Gasteiger partial charge in [-0.25, -0.2) is 0 Å². The summed E-state index contributed by atoms with van der Waals surface area (Å²) in [6.07, 6.45) is 6.98. The van der Waals surface area contributed by atoms with Gasteiger partial charge in [0.15, 0.2) is 11.5 Å². The highest BCUT2D eigenvalue weighted by Crippen LogP contribution is 2.56. The lowest BCUT2D eigenvalue weighted by Crippen LogP contribution is -2.32. The molecule has 3 heteroatoms. The molecule has 1 aliphatic carbocycles. The summed E-state index contributed by atoms with van der Waals surface area (Å²) in [7, 11) is 0. The molecule has 7 aromatic rings. The molecule has 0 saturated heterocycles. The van der Waals surface area contributed by atoms with E-state index in [2.05, 4.69) is 158 Å². The number of nitrogens with one attached hydrogen (secondary N) is 1. The number of nitrogens with zero attached hydrogens (tertiary/aromatic N) is 1. The number of para-hydroxylation sites is 1. The Labute approximate surface area is 286 Å². The average Bonchev–Trinajstić information content (AvgIpc) is 3.63. The highest BCUT2D eigenvalue weighted by atomic mass is 16.5. The van der Waals surface area contributed by atoms with Crippen molar-refractivity contribution in [3.05, 3.63) is 138 Å². The summed E-state index contributed by atoms with van der Waals surface area (Å²) >= 11 is 0. The summed E-state index contributed by atoms with van der Waals surface area (Å²) < 4.78 is 6.65. The van der Waals surface area contributed by atoms with Crippen LogP contribution in [0.2, 0.25) is 0 Å². The lowest BCUT2D eigenvalue weighted by molar-refractivity contribution is 0.472. The fourth-order valence-electron chi connectivity index (χ4n) is 8.74. The van der Waals surface area contributed by atoms with Gasteiger partial charge in [0.05, 0.1) is 11.4 Å². The largest absolute Gasteiger partial charge is 0.453 e. The molecule has 0 saturated carbocycles. The maximum Gasteiger partial charge on any atom is 0.153 e. The molecular weight excluding hydrogens is 597 g/mol. The van der Waals surface area contributed by atoms with Gasteiger partial charge in [0.2, 0.25) is 0 Å². The van der Waals surface area contributed by atoms with Gasteiger partial charge in [0.1, 0.15) is 11.9 Å². The van der Waals surface area contributed by atoms with Crippen molar-refractivity contribution < 1.29 is 4.74 Å². The SMILES string of the molecule is C#Cc1ccc2c(c1)C(C)(C)c1cc(-c3c4ccccc4c(-c4ccc5c(c4)Oc4cccc6c4N5C(CC)N6)c4ccccc34)ccc1-2. The number of fused-ring (bicyclic) bond motifs is 7. The van der Waals surface area contributed by atoms with Crippen LogP contribution in [0.4, 0.5) is 17.1 Å². The van der Waals surface area contributed by atoms with Gasteiger partial charge >= 0.3 is 0 Å². The van der Waals surface area contributed by atoms with Crippen molar-refractivity contribution in [2.45, 2.75) is 38.8 Å². The van der Waals surface area contributed by atoms with Crippen molar-refractivity contribution in [2.24, 2.45) is 0 Å². The topological polar surface area (TPSA) is 24.5 Å². The van der Waals surface area contributed by atoms with E-state index in [-0.39, 0.29) is 11.6 Å². The Kier molecular flexibility index (Phi) is 5.74. The molecule has 0 amide bonds. The van der Waals surface area contributed by atoms with Gasteiger partial charge in [0, 0.05) is 11.0 Å². The fourth-order valence-corrected chi connectivity index (χ4v) is 8.74. The van der Waals surface area contributed by atoms with Gasteiger partial charge in [-0.15, -0.1) is 6.42 Å². The van der Waals surface area contributed by atoms with Crippen LogP contribution in [0.15, 0.2) is 121 Å². The molecule has 2 heterocycles. The molecule has 49 heavy (non-hydrogen) atoms. The molecule has 10 rings (SSSR count). The molecule has 3 aliphatic rings. The summed E-state index contributed by atoms with van der Waals surface area (Å²) in [4.78, 5) is 2.41. The van der Waals surface area contributed by atoms with Crippen molar-refractivity contribution in [3.63, 3.8) is 0 Å². The van der Waals surface area contributed by atoms with E-state index in [0.717, 1.165) is 46.1 Å². The first-order chi connectivity index (χ1) is 24.0. The predicted molar refractivity (Wildman–Crippen MR) is 204 cm³/mol. The first-order valence-electron chi connectivity index (χ1n) is 17.2. The maximum atomic E-state index is 6.65. The van der Waals surface area contributed by atoms with E-state index in [9.17, 15) is 0 Å². The zero-order valence-electron chi connectivity index (χ0n) is 27.8. The van der Waals surface area contributed by atoms with Crippen molar-refractivity contribution in [1.29, 1.82) is 0 Å². The van der Waals surface area contributed by atoms with E-state index in [1.54, 1.807) is 0 Å². The second-order valence-electron chi connectivity index (χ2n) is 14.0. The number of ether oxygens (including phenoxy) is 1. The first kappa shape index (κ1) is 28.1. The molecule has 2 aliphatic heterocycles. The third-order valence-corrected chi connectivity index (χ3v) is 11.1. The Morgan fingerprint density at radius 2 is 1.31 bits per heavy atom. The van der Waals surface area contributed by atoms with Crippen molar-refractivity contribution in [3.8, 4) is 57.2 Å². The fraction of sp³-hybridized carbons (Fsp3) is 0.130. The van der Waals surface area contributed by atoms with Crippen LogP contribution in [-0.2, 0) is 5.41 Å². The second kappa shape index (κ2) is 10.0.